The van der Waals surface area contributed by atoms with E-state index < -0.39 is 6.29 Å². The van der Waals surface area contributed by atoms with Crippen LogP contribution in [0.3, 0.4) is 0 Å². The lowest BCUT2D eigenvalue weighted by Crippen LogP contribution is -1.99. The zero-order valence-corrected chi connectivity index (χ0v) is 13.7. The molecule has 22 heavy (non-hydrogen) atoms. The smallest absolute Gasteiger partial charge is 0.185 e. The van der Waals surface area contributed by atoms with Crippen molar-refractivity contribution >= 4 is 27.5 Å². The van der Waals surface area contributed by atoms with Gasteiger partial charge in [0.25, 0.3) is 0 Å². The molecule has 1 saturated heterocycles. The molecule has 1 fully saturated rings. The lowest BCUT2D eigenvalue weighted by atomic mass is 10.2. The van der Waals surface area contributed by atoms with Crippen molar-refractivity contribution in [3.8, 4) is 17.6 Å². The molecule has 1 heterocycles. The molecule has 0 spiro atoms. The Morgan fingerprint density at radius 1 is 1.18 bits per heavy atom. The van der Waals surface area contributed by atoms with E-state index in [-0.39, 0.29) is 0 Å². The van der Waals surface area contributed by atoms with Gasteiger partial charge in [0.1, 0.15) is 11.5 Å². The van der Waals surface area contributed by atoms with Crippen molar-refractivity contribution in [3.63, 3.8) is 0 Å². The van der Waals surface area contributed by atoms with Gasteiger partial charge in [-0.15, -0.1) is 0 Å². The molecule has 3 rings (SSSR count). The fourth-order valence-electron chi connectivity index (χ4n) is 2.08. The molecule has 4 nitrogen and oxygen atoms in total. The first kappa shape index (κ1) is 15.3. The maximum atomic E-state index is 8.85. The number of hydrogen-bond donors (Lipinski definition) is 0. The molecule has 0 amide bonds. The Kier molecular flexibility index (Phi) is 4.65. The molecule has 0 saturated carbocycles. The Hall–Kier alpha value is -1.58. The molecule has 1 aliphatic rings. The quantitative estimate of drug-likeness (QED) is 0.766. The molecule has 2 aromatic rings. The van der Waals surface area contributed by atoms with Crippen LogP contribution in [0.4, 0.5) is 0 Å². The number of nitriles is 1. The summed E-state index contributed by atoms with van der Waals surface area (Å²) in [6.07, 6.45) is -0.394. The zero-order chi connectivity index (χ0) is 15.5. The van der Waals surface area contributed by atoms with Gasteiger partial charge in [-0.3, -0.25) is 0 Å². The molecular formula is C16H11BrClNO3. The number of hydrogen-bond acceptors (Lipinski definition) is 4. The van der Waals surface area contributed by atoms with Crippen molar-refractivity contribution in [2.75, 3.05) is 13.2 Å². The fourth-order valence-corrected chi connectivity index (χ4v) is 2.74. The standard InChI is InChI=1S/C16H11BrClNO3/c17-13-3-2-11(8-12(13)16-20-5-6-21-16)22-15-4-1-10(9-19)7-14(15)18/h1-4,7-8,16H,5-6H2. The summed E-state index contributed by atoms with van der Waals surface area (Å²) in [5, 5.41) is 9.23. The van der Waals surface area contributed by atoms with Crippen molar-refractivity contribution in [3.05, 3.63) is 57.0 Å². The van der Waals surface area contributed by atoms with Crippen molar-refractivity contribution in [2.45, 2.75) is 6.29 Å². The van der Waals surface area contributed by atoms with E-state index in [1.807, 2.05) is 24.3 Å². The van der Waals surface area contributed by atoms with E-state index in [2.05, 4.69) is 15.9 Å². The maximum absolute atomic E-state index is 8.85. The number of rotatable bonds is 3. The van der Waals surface area contributed by atoms with Crippen molar-refractivity contribution in [2.24, 2.45) is 0 Å². The van der Waals surface area contributed by atoms with Gasteiger partial charge in [-0.1, -0.05) is 27.5 Å². The van der Waals surface area contributed by atoms with Crippen LogP contribution in [0.15, 0.2) is 40.9 Å². The van der Waals surface area contributed by atoms with Crippen LogP contribution < -0.4 is 4.74 Å². The molecular weight excluding hydrogens is 370 g/mol. The first-order valence-corrected chi connectivity index (χ1v) is 7.74. The molecule has 0 atom stereocenters. The van der Waals surface area contributed by atoms with Gasteiger partial charge >= 0.3 is 0 Å². The highest BCUT2D eigenvalue weighted by molar-refractivity contribution is 9.10. The summed E-state index contributed by atoms with van der Waals surface area (Å²) in [7, 11) is 0. The number of benzene rings is 2. The van der Waals surface area contributed by atoms with E-state index in [1.165, 1.54) is 0 Å². The van der Waals surface area contributed by atoms with E-state index in [4.69, 9.17) is 31.1 Å². The number of ether oxygens (including phenoxy) is 3. The molecule has 0 N–H and O–H groups in total. The third-order valence-electron chi connectivity index (χ3n) is 3.13. The predicted octanol–water partition coefficient (Wildman–Crippen LogP) is 4.81. The minimum absolute atomic E-state index is 0.386. The van der Waals surface area contributed by atoms with Crippen molar-refractivity contribution in [1.29, 1.82) is 5.26 Å². The largest absolute Gasteiger partial charge is 0.456 e. The number of halogens is 2. The molecule has 0 aliphatic carbocycles. The Morgan fingerprint density at radius 2 is 1.95 bits per heavy atom. The van der Waals surface area contributed by atoms with Gasteiger partial charge in [-0.25, -0.2) is 0 Å². The molecule has 0 unspecified atom stereocenters. The second kappa shape index (κ2) is 6.67. The van der Waals surface area contributed by atoms with Crippen molar-refractivity contribution < 1.29 is 14.2 Å². The summed E-state index contributed by atoms with van der Waals surface area (Å²) in [5.74, 6) is 1.10. The third-order valence-corrected chi connectivity index (χ3v) is 4.15. The van der Waals surface area contributed by atoms with Gasteiger partial charge in [-0.2, -0.15) is 5.26 Å². The van der Waals surface area contributed by atoms with E-state index in [9.17, 15) is 0 Å². The summed E-state index contributed by atoms with van der Waals surface area (Å²) < 4.78 is 17.7. The lowest BCUT2D eigenvalue weighted by molar-refractivity contribution is -0.0447. The summed E-state index contributed by atoms with van der Waals surface area (Å²) in [6.45, 7) is 1.15. The van der Waals surface area contributed by atoms with Crippen LogP contribution in [-0.2, 0) is 9.47 Å². The first-order valence-electron chi connectivity index (χ1n) is 6.57. The van der Waals surface area contributed by atoms with E-state index in [1.54, 1.807) is 18.2 Å². The lowest BCUT2D eigenvalue weighted by Gasteiger charge is -2.14. The SMILES string of the molecule is N#Cc1ccc(Oc2ccc(Br)c(C3OCCO3)c2)c(Cl)c1. The Bertz CT molecular complexity index is 739. The van der Waals surface area contributed by atoms with E-state index in [0.29, 0.717) is 35.3 Å². The fraction of sp³-hybridized carbons (Fsp3) is 0.188. The summed E-state index contributed by atoms with van der Waals surface area (Å²) in [4.78, 5) is 0. The topological polar surface area (TPSA) is 51.5 Å². The van der Waals surface area contributed by atoms with Crippen LogP contribution in [0.1, 0.15) is 17.4 Å². The minimum atomic E-state index is -0.394. The Labute approximate surface area is 141 Å². The van der Waals surface area contributed by atoms with Crippen LogP contribution in [-0.4, -0.2) is 13.2 Å². The van der Waals surface area contributed by atoms with Gasteiger partial charge in [0, 0.05) is 10.0 Å². The second-order valence-electron chi connectivity index (χ2n) is 4.62. The minimum Gasteiger partial charge on any atom is -0.456 e. The maximum Gasteiger partial charge on any atom is 0.185 e. The van der Waals surface area contributed by atoms with Crippen LogP contribution in [0.2, 0.25) is 5.02 Å². The highest BCUT2D eigenvalue weighted by Crippen LogP contribution is 2.35. The van der Waals surface area contributed by atoms with Crippen molar-refractivity contribution in [1.82, 2.24) is 0 Å². The molecule has 6 heteroatoms. The molecule has 112 valence electrons. The first-order chi connectivity index (χ1) is 10.7. The third kappa shape index (κ3) is 3.26. The Morgan fingerprint density at radius 3 is 2.64 bits per heavy atom. The van der Waals surface area contributed by atoms with Gasteiger partial charge in [0.15, 0.2) is 6.29 Å². The van der Waals surface area contributed by atoms with Crippen LogP contribution in [0.25, 0.3) is 0 Å². The van der Waals surface area contributed by atoms with E-state index in [0.717, 1.165) is 10.0 Å². The molecule has 0 radical (unpaired) electrons. The van der Waals surface area contributed by atoms with E-state index >= 15 is 0 Å². The van der Waals surface area contributed by atoms with Crippen LogP contribution in [0.5, 0.6) is 11.5 Å². The summed E-state index contributed by atoms with van der Waals surface area (Å²) in [6, 6.07) is 12.5. The van der Waals surface area contributed by atoms with Crippen LogP contribution >= 0.6 is 27.5 Å². The Balaban J connectivity index is 1.86. The average molecular weight is 381 g/mol. The molecule has 2 aromatic carbocycles. The average Bonchev–Trinajstić information content (AvgIpc) is 3.05. The van der Waals surface area contributed by atoms with Gasteiger partial charge in [0.05, 0.1) is 29.9 Å². The molecule has 0 bridgehead atoms. The molecule has 0 aromatic heterocycles. The van der Waals surface area contributed by atoms with Gasteiger partial charge in [0.2, 0.25) is 0 Å². The van der Waals surface area contributed by atoms with Gasteiger partial charge in [-0.05, 0) is 36.4 Å². The monoisotopic (exact) mass is 379 g/mol. The number of nitrogens with zero attached hydrogens (tertiary/aromatic N) is 1. The second-order valence-corrected chi connectivity index (χ2v) is 5.88. The highest BCUT2D eigenvalue weighted by Gasteiger charge is 2.21. The predicted molar refractivity (Wildman–Crippen MR) is 85.0 cm³/mol. The van der Waals surface area contributed by atoms with Crippen LogP contribution in [0, 0.1) is 11.3 Å². The highest BCUT2D eigenvalue weighted by atomic mass is 79.9. The molecule has 1 aliphatic heterocycles. The summed E-state index contributed by atoms with van der Waals surface area (Å²) >= 11 is 9.60. The summed E-state index contributed by atoms with van der Waals surface area (Å²) in [5.41, 5.74) is 1.35. The zero-order valence-electron chi connectivity index (χ0n) is 11.4. The normalized spacial score (nSPS) is 14.8. The van der Waals surface area contributed by atoms with Gasteiger partial charge < -0.3 is 14.2 Å².